The quantitative estimate of drug-likeness (QED) is 0.655. The van der Waals surface area contributed by atoms with Crippen LogP contribution in [0.3, 0.4) is 0 Å². The maximum Gasteiger partial charge on any atom is 0.260 e. The van der Waals surface area contributed by atoms with Gasteiger partial charge in [-0.1, -0.05) is 29.3 Å². The Morgan fingerprint density at radius 1 is 1.21 bits per heavy atom. The summed E-state index contributed by atoms with van der Waals surface area (Å²) in [5, 5.41) is 1.38. The van der Waals surface area contributed by atoms with E-state index in [1.807, 2.05) is 19.9 Å². The number of H-pyrrole nitrogens is 1. The van der Waals surface area contributed by atoms with E-state index in [9.17, 15) is 9.59 Å². The summed E-state index contributed by atoms with van der Waals surface area (Å²) in [7, 11) is 0. The molecule has 1 amide bonds. The third-order valence-corrected chi connectivity index (χ3v) is 4.78. The van der Waals surface area contributed by atoms with Crippen molar-refractivity contribution in [2.75, 3.05) is 13.2 Å². The minimum absolute atomic E-state index is 0.151. The van der Waals surface area contributed by atoms with Gasteiger partial charge < -0.3 is 14.6 Å². The zero-order valence-electron chi connectivity index (χ0n) is 15.5. The highest BCUT2D eigenvalue weighted by atomic mass is 35.5. The molecule has 1 N–H and O–H groups in total. The number of fused-ring (bicyclic) bond motifs is 1. The van der Waals surface area contributed by atoms with Crippen molar-refractivity contribution in [1.82, 2.24) is 14.9 Å². The van der Waals surface area contributed by atoms with Crippen molar-refractivity contribution in [1.29, 1.82) is 0 Å². The van der Waals surface area contributed by atoms with E-state index in [1.54, 1.807) is 35.2 Å². The second-order valence-electron chi connectivity index (χ2n) is 6.30. The average Bonchev–Trinajstić information content (AvgIpc) is 2.66. The lowest BCUT2D eigenvalue weighted by molar-refractivity contribution is -0.133. The normalized spacial score (nSPS) is 10.9. The number of nitrogens with zero attached hydrogens (tertiary/aromatic N) is 2. The van der Waals surface area contributed by atoms with Gasteiger partial charge in [-0.3, -0.25) is 9.59 Å². The number of hydrogen-bond donors (Lipinski definition) is 1. The highest BCUT2D eigenvalue weighted by molar-refractivity contribution is 6.32. The minimum atomic E-state index is -0.275. The number of benzene rings is 2. The molecule has 0 aliphatic carbocycles. The van der Waals surface area contributed by atoms with Crippen molar-refractivity contribution in [3.63, 3.8) is 0 Å². The van der Waals surface area contributed by atoms with E-state index in [0.717, 1.165) is 5.56 Å². The molecule has 0 saturated carbocycles. The second-order valence-corrected chi connectivity index (χ2v) is 7.15. The first-order valence-electron chi connectivity index (χ1n) is 8.72. The number of carbonyl (C=O) groups excluding carboxylic acids is 1. The molecule has 146 valence electrons. The molecule has 8 heteroatoms. The van der Waals surface area contributed by atoms with Crippen LogP contribution < -0.4 is 10.3 Å². The van der Waals surface area contributed by atoms with Crippen LogP contribution in [0.15, 0.2) is 41.2 Å². The zero-order chi connectivity index (χ0) is 20.3. The molecule has 28 heavy (non-hydrogen) atoms. The number of halogens is 2. The third kappa shape index (κ3) is 4.64. The standard InChI is InChI=1S/C20H19Cl2N3O3/c1-3-25(19(26)11-28-17-8-12(2)4-7-15(17)22)10-18-23-16-9-13(21)5-6-14(16)20(27)24-18/h4-9H,3,10-11H2,1-2H3,(H,23,24,27). The lowest BCUT2D eigenvalue weighted by atomic mass is 10.2. The number of likely N-dealkylation sites (N-methyl/N-ethyl adjacent to an activating group) is 1. The number of carbonyl (C=O) groups is 1. The SMILES string of the molecule is CCN(Cc1nc2cc(Cl)ccc2c(=O)[nH]1)C(=O)COc1cc(C)ccc1Cl. The maximum atomic E-state index is 12.6. The monoisotopic (exact) mass is 419 g/mol. The summed E-state index contributed by atoms with van der Waals surface area (Å²) in [4.78, 5) is 33.5. The molecule has 3 aromatic rings. The summed E-state index contributed by atoms with van der Waals surface area (Å²) in [5.41, 5.74) is 1.19. The molecule has 0 saturated heterocycles. The van der Waals surface area contributed by atoms with Crippen LogP contribution in [0.2, 0.25) is 10.0 Å². The molecule has 6 nitrogen and oxygen atoms in total. The fourth-order valence-corrected chi connectivity index (χ4v) is 3.08. The van der Waals surface area contributed by atoms with E-state index in [2.05, 4.69) is 9.97 Å². The number of ether oxygens (including phenoxy) is 1. The van der Waals surface area contributed by atoms with Gasteiger partial charge in [-0.05, 0) is 49.7 Å². The van der Waals surface area contributed by atoms with Gasteiger partial charge in [0.05, 0.1) is 22.5 Å². The van der Waals surface area contributed by atoms with Gasteiger partial charge in [-0.15, -0.1) is 0 Å². The summed E-state index contributed by atoms with van der Waals surface area (Å²) < 4.78 is 5.58. The highest BCUT2D eigenvalue weighted by Crippen LogP contribution is 2.25. The predicted molar refractivity (Wildman–Crippen MR) is 110 cm³/mol. The number of nitrogens with one attached hydrogen (secondary N) is 1. The summed E-state index contributed by atoms with van der Waals surface area (Å²) in [6.07, 6.45) is 0. The Hall–Kier alpha value is -2.57. The van der Waals surface area contributed by atoms with E-state index in [1.165, 1.54) is 0 Å². The van der Waals surface area contributed by atoms with Gasteiger partial charge in [-0.2, -0.15) is 0 Å². The lowest BCUT2D eigenvalue weighted by Crippen LogP contribution is -2.35. The lowest BCUT2D eigenvalue weighted by Gasteiger charge is -2.20. The van der Waals surface area contributed by atoms with Gasteiger partial charge in [0.2, 0.25) is 0 Å². The molecule has 1 aromatic heterocycles. The number of amides is 1. The van der Waals surface area contributed by atoms with E-state index in [0.29, 0.717) is 39.1 Å². The molecule has 0 aliphatic heterocycles. The Morgan fingerprint density at radius 2 is 2.00 bits per heavy atom. The number of hydrogen-bond acceptors (Lipinski definition) is 4. The summed E-state index contributed by atoms with van der Waals surface area (Å²) >= 11 is 12.1. The third-order valence-electron chi connectivity index (χ3n) is 4.23. The first-order valence-corrected chi connectivity index (χ1v) is 9.48. The Kier molecular flexibility index (Phi) is 6.21. The van der Waals surface area contributed by atoms with Gasteiger partial charge in [0.15, 0.2) is 6.61 Å². The van der Waals surface area contributed by atoms with Crippen molar-refractivity contribution < 1.29 is 9.53 Å². The molecule has 0 radical (unpaired) electrons. The predicted octanol–water partition coefficient (Wildman–Crippen LogP) is 3.97. The van der Waals surface area contributed by atoms with Crippen LogP contribution in [-0.4, -0.2) is 33.9 Å². The van der Waals surface area contributed by atoms with Crippen LogP contribution in [-0.2, 0) is 11.3 Å². The average molecular weight is 420 g/mol. The summed E-state index contributed by atoms with van der Waals surface area (Å²) in [6.45, 7) is 4.17. The Bertz CT molecular complexity index is 1080. The molecule has 3 rings (SSSR count). The Balaban J connectivity index is 1.74. The topological polar surface area (TPSA) is 75.3 Å². The van der Waals surface area contributed by atoms with Gasteiger partial charge in [0, 0.05) is 11.6 Å². The molecule has 1 heterocycles. The molecule has 0 aliphatic rings. The maximum absolute atomic E-state index is 12.6. The molecule has 0 spiro atoms. The Morgan fingerprint density at radius 3 is 2.75 bits per heavy atom. The fourth-order valence-electron chi connectivity index (χ4n) is 2.75. The molecule has 0 fully saturated rings. The molecule has 0 bridgehead atoms. The smallest absolute Gasteiger partial charge is 0.260 e. The van der Waals surface area contributed by atoms with E-state index in [-0.39, 0.29) is 24.6 Å². The summed E-state index contributed by atoms with van der Waals surface area (Å²) in [6, 6.07) is 10.2. The zero-order valence-corrected chi connectivity index (χ0v) is 17.0. The van der Waals surface area contributed by atoms with Crippen LogP contribution in [0.5, 0.6) is 5.75 Å². The van der Waals surface area contributed by atoms with Gasteiger partial charge in [0.1, 0.15) is 11.6 Å². The van der Waals surface area contributed by atoms with Crippen molar-refractivity contribution in [3.8, 4) is 5.75 Å². The van der Waals surface area contributed by atoms with Crippen LogP contribution in [0.1, 0.15) is 18.3 Å². The van der Waals surface area contributed by atoms with Gasteiger partial charge in [-0.25, -0.2) is 4.98 Å². The van der Waals surface area contributed by atoms with Gasteiger partial charge >= 0.3 is 0 Å². The van der Waals surface area contributed by atoms with E-state index in [4.69, 9.17) is 27.9 Å². The largest absolute Gasteiger partial charge is 0.482 e. The number of rotatable bonds is 6. The number of aromatic nitrogens is 2. The number of aryl methyl sites for hydroxylation is 1. The van der Waals surface area contributed by atoms with Crippen molar-refractivity contribution in [2.45, 2.75) is 20.4 Å². The molecular weight excluding hydrogens is 401 g/mol. The van der Waals surface area contributed by atoms with Crippen LogP contribution in [0, 0.1) is 6.92 Å². The first-order chi connectivity index (χ1) is 13.4. The molecule has 0 unspecified atom stereocenters. The second kappa shape index (κ2) is 8.63. The van der Waals surface area contributed by atoms with Crippen molar-refractivity contribution >= 4 is 40.0 Å². The molecule has 0 atom stereocenters. The number of aromatic amines is 1. The summed E-state index contributed by atoms with van der Waals surface area (Å²) in [5.74, 6) is 0.593. The van der Waals surface area contributed by atoms with Crippen molar-refractivity contribution in [2.24, 2.45) is 0 Å². The first kappa shape index (κ1) is 20.2. The Labute approximate surface area is 172 Å². The van der Waals surface area contributed by atoms with Crippen LogP contribution in [0.4, 0.5) is 0 Å². The van der Waals surface area contributed by atoms with Crippen LogP contribution in [0.25, 0.3) is 10.9 Å². The minimum Gasteiger partial charge on any atom is -0.482 e. The van der Waals surface area contributed by atoms with Crippen molar-refractivity contribution in [3.05, 3.63) is 68.2 Å². The van der Waals surface area contributed by atoms with Crippen LogP contribution >= 0.6 is 23.2 Å². The van der Waals surface area contributed by atoms with Gasteiger partial charge in [0.25, 0.3) is 11.5 Å². The fraction of sp³-hybridized carbons (Fsp3) is 0.250. The van der Waals surface area contributed by atoms with E-state index >= 15 is 0 Å². The molecular formula is C20H19Cl2N3O3. The van der Waals surface area contributed by atoms with E-state index < -0.39 is 0 Å². The highest BCUT2D eigenvalue weighted by Gasteiger charge is 2.16. The molecule has 2 aromatic carbocycles.